The summed E-state index contributed by atoms with van der Waals surface area (Å²) in [5, 5.41) is 0. The van der Waals surface area contributed by atoms with Crippen LogP contribution in [0.4, 0.5) is 26.3 Å². The van der Waals surface area contributed by atoms with Crippen LogP contribution in [-0.2, 0) is 0 Å². The highest BCUT2D eigenvalue weighted by Crippen LogP contribution is 2.32. The van der Waals surface area contributed by atoms with Crippen LogP contribution in [0.3, 0.4) is 0 Å². The Labute approximate surface area is 82.1 Å². The quantitative estimate of drug-likeness (QED) is 0.478. The SMILES string of the molecule is FC(F)(F)BC(F)(F)F.c1cc2cc-2c1. The zero-order valence-corrected chi connectivity index (χ0v) is 7.28. The Morgan fingerprint density at radius 1 is 0.800 bits per heavy atom. The Morgan fingerprint density at radius 3 is 1.27 bits per heavy atom. The maximum Gasteiger partial charge on any atom is 0.383 e. The van der Waals surface area contributed by atoms with E-state index in [0.717, 1.165) is 0 Å². The lowest BCUT2D eigenvalue weighted by atomic mass is 9.77. The Balaban J connectivity index is 0.000000158. The summed E-state index contributed by atoms with van der Waals surface area (Å²) in [6, 6.07) is 8.48. The molecule has 0 heterocycles. The number of hydrogen-bond acceptors (Lipinski definition) is 0. The smallest absolute Gasteiger partial charge is 0.182 e. The van der Waals surface area contributed by atoms with Crippen molar-refractivity contribution in [1.82, 2.24) is 0 Å². The average molecular weight is 226 g/mol. The number of fused-ring (bicyclic) bond motifs is 1. The normalized spacial score (nSPS) is 12.7. The number of rotatable bonds is 0. The minimum Gasteiger partial charge on any atom is -0.182 e. The maximum atomic E-state index is 10.8. The second-order valence-electron chi connectivity index (χ2n) is 2.99. The van der Waals surface area contributed by atoms with Gasteiger partial charge < -0.3 is 0 Å². The van der Waals surface area contributed by atoms with E-state index in [1.165, 1.54) is 11.1 Å². The van der Waals surface area contributed by atoms with Gasteiger partial charge in [-0.05, 0) is 17.2 Å². The summed E-state index contributed by atoms with van der Waals surface area (Å²) in [5.74, 6) is 0. The lowest BCUT2D eigenvalue weighted by Gasteiger charge is -2.06. The van der Waals surface area contributed by atoms with E-state index in [-0.39, 0.29) is 0 Å². The maximum absolute atomic E-state index is 10.8. The third-order valence-electron chi connectivity index (χ3n) is 1.51. The van der Waals surface area contributed by atoms with Crippen molar-refractivity contribution in [2.45, 2.75) is 12.2 Å². The average Bonchev–Trinajstić information content (AvgIpc) is 2.53. The largest absolute Gasteiger partial charge is 0.383 e. The minimum atomic E-state index is -5.14. The van der Waals surface area contributed by atoms with Gasteiger partial charge in [0, 0.05) is 0 Å². The standard InChI is InChI=1S/C6H4.C2HBF6/c1-2-5-4-6(5)3-1;4-1(5,6)3-2(7,8)9/h1-4H;3H. The molecular formula is C8H5BF6. The lowest BCUT2D eigenvalue weighted by Crippen LogP contribution is -2.32. The zero-order chi connectivity index (χ0) is 11.7. The first-order chi connectivity index (χ1) is 6.67. The molecule has 0 unspecified atom stereocenters. The molecule has 0 nitrogen and oxygen atoms in total. The van der Waals surface area contributed by atoms with Crippen molar-refractivity contribution >= 4 is 7.28 Å². The predicted octanol–water partition coefficient (Wildman–Crippen LogP) is 3.13. The highest BCUT2D eigenvalue weighted by Gasteiger charge is 2.46. The predicted molar refractivity (Wildman–Crippen MR) is 44.7 cm³/mol. The molecule has 0 aromatic carbocycles. The molecular weight excluding hydrogens is 221 g/mol. The molecule has 82 valence electrons. The molecule has 0 saturated carbocycles. The summed E-state index contributed by atoms with van der Waals surface area (Å²) in [5.41, 5.74) is 2.85. The summed E-state index contributed by atoms with van der Waals surface area (Å²) in [6.07, 6.45) is -10.3. The van der Waals surface area contributed by atoms with Crippen LogP contribution in [0.1, 0.15) is 0 Å². The number of halogens is 6. The summed E-state index contributed by atoms with van der Waals surface area (Å²) in [6.45, 7) is 0. The Bertz CT molecular complexity index is 310. The summed E-state index contributed by atoms with van der Waals surface area (Å²) in [7, 11) is -2.71. The van der Waals surface area contributed by atoms with E-state index in [1.807, 2.05) is 0 Å². The minimum absolute atomic E-state index is 1.43. The summed E-state index contributed by atoms with van der Waals surface area (Å²) in [4.78, 5) is 0. The fraction of sp³-hybridized carbons (Fsp3) is 0.250. The van der Waals surface area contributed by atoms with Gasteiger partial charge in [0.05, 0.1) is 0 Å². The van der Waals surface area contributed by atoms with E-state index in [1.54, 1.807) is 0 Å². The van der Waals surface area contributed by atoms with Gasteiger partial charge >= 0.3 is 19.4 Å². The molecule has 0 saturated heterocycles. The van der Waals surface area contributed by atoms with Gasteiger partial charge in [0.15, 0.2) is 0 Å². The first-order valence-electron chi connectivity index (χ1n) is 3.91. The van der Waals surface area contributed by atoms with E-state index in [9.17, 15) is 26.3 Å². The third kappa shape index (κ3) is 5.34. The Morgan fingerprint density at radius 2 is 1.20 bits per heavy atom. The molecule has 0 atom stereocenters. The van der Waals surface area contributed by atoms with Gasteiger partial charge in [-0.15, -0.1) is 0 Å². The van der Waals surface area contributed by atoms with Crippen molar-refractivity contribution in [2.75, 3.05) is 0 Å². The number of hydrogen-bond donors (Lipinski definition) is 0. The van der Waals surface area contributed by atoms with Crippen LogP contribution >= 0.6 is 0 Å². The van der Waals surface area contributed by atoms with Crippen LogP contribution in [-0.4, -0.2) is 19.4 Å². The van der Waals surface area contributed by atoms with Crippen molar-refractivity contribution in [1.29, 1.82) is 0 Å². The third-order valence-corrected chi connectivity index (χ3v) is 1.51. The first-order valence-corrected chi connectivity index (χ1v) is 3.91. The Kier molecular flexibility index (Phi) is 3.01. The highest BCUT2D eigenvalue weighted by molar-refractivity contribution is 6.40. The van der Waals surface area contributed by atoms with Gasteiger partial charge in [-0.1, -0.05) is 18.2 Å². The van der Waals surface area contributed by atoms with E-state index in [4.69, 9.17) is 0 Å². The molecule has 7 heteroatoms. The first kappa shape index (κ1) is 11.9. The van der Waals surface area contributed by atoms with E-state index in [0.29, 0.717) is 0 Å². The number of benzene rings is 1. The van der Waals surface area contributed by atoms with Crippen LogP contribution in [0, 0.1) is 0 Å². The second-order valence-corrected chi connectivity index (χ2v) is 2.99. The molecule has 0 aromatic heterocycles. The molecule has 0 fully saturated rings. The molecule has 0 spiro atoms. The van der Waals surface area contributed by atoms with Gasteiger partial charge in [-0.2, -0.15) is 26.3 Å². The van der Waals surface area contributed by atoms with Gasteiger partial charge in [0.1, 0.15) is 0 Å². The molecule has 0 N–H and O–H groups in total. The highest BCUT2D eigenvalue weighted by atomic mass is 19.4. The molecule has 2 aliphatic rings. The molecule has 0 radical (unpaired) electrons. The van der Waals surface area contributed by atoms with Gasteiger partial charge in [-0.3, -0.25) is 0 Å². The zero-order valence-electron chi connectivity index (χ0n) is 7.28. The van der Waals surface area contributed by atoms with Crippen LogP contribution in [0.15, 0.2) is 24.3 Å². The van der Waals surface area contributed by atoms with Gasteiger partial charge in [0.25, 0.3) is 0 Å². The van der Waals surface area contributed by atoms with Gasteiger partial charge in [-0.25, -0.2) is 0 Å². The van der Waals surface area contributed by atoms with Gasteiger partial charge in [0.2, 0.25) is 0 Å². The molecule has 0 bridgehead atoms. The fourth-order valence-electron chi connectivity index (χ4n) is 0.903. The Hall–Kier alpha value is -1.14. The van der Waals surface area contributed by atoms with Crippen LogP contribution in [0.5, 0.6) is 0 Å². The molecule has 2 aliphatic carbocycles. The van der Waals surface area contributed by atoms with Crippen molar-refractivity contribution in [3.05, 3.63) is 24.3 Å². The summed E-state index contributed by atoms with van der Waals surface area (Å²) < 4.78 is 65.0. The fourth-order valence-corrected chi connectivity index (χ4v) is 0.903. The molecule has 15 heavy (non-hydrogen) atoms. The van der Waals surface area contributed by atoms with Crippen molar-refractivity contribution in [2.24, 2.45) is 0 Å². The van der Waals surface area contributed by atoms with E-state index in [2.05, 4.69) is 24.3 Å². The second kappa shape index (κ2) is 3.79. The van der Waals surface area contributed by atoms with E-state index < -0.39 is 19.4 Å². The summed E-state index contributed by atoms with van der Waals surface area (Å²) >= 11 is 0. The van der Waals surface area contributed by atoms with Crippen molar-refractivity contribution in [3.8, 4) is 11.1 Å². The molecule has 2 rings (SSSR count). The number of alkyl halides is 6. The topological polar surface area (TPSA) is 0 Å². The molecule has 0 aromatic rings. The van der Waals surface area contributed by atoms with Crippen LogP contribution in [0.25, 0.3) is 11.1 Å². The lowest BCUT2D eigenvalue weighted by molar-refractivity contribution is -0.0955. The monoisotopic (exact) mass is 226 g/mol. The van der Waals surface area contributed by atoms with E-state index >= 15 is 0 Å². The van der Waals surface area contributed by atoms with Crippen molar-refractivity contribution < 1.29 is 26.3 Å². The molecule has 0 aliphatic heterocycles. The molecule has 0 amide bonds. The van der Waals surface area contributed by atoms with Crippen LogP contribution < -0.4 is 0 Å². The van der Waals surface area contributed by atoms with Crippen LogP contribution in [0.2, 0.25) is 0 Å². The van der Waals surface area contributed by atoms with Crippen molar-refractivity contribution in [3.63, 3.8) is 0 Å².